The van der Waals surface area contributed by atoms with E-state index in [0.29, 0.717) is 11.5 Å². The molecule has 0 bridgehead atoms. The van der Waals surface area contributed by atoms with E-state index in [0.717, 1.165) is 23.1 Å². The molecule has 0 aromatic carbocycles. The third kappa shape index (κ3) is 2.40. The van der Waals surface area contributed by atoms with Gasteiger partial charge >= 0.3 is 0 Å². The van der Waals surface area contributed by atoms with Gasteiger partial charge in [0, 0.05) is 6.26 Å². The smallest absolute Gasteiger partial charge is 0.283 e. The van der Waals surface area contributed by atoms with Gasteiger partial charge in [-0.25, -0.2) is 13.3 Å². The minimum atomic E-state index is -3.64. The Balaban J connectivity index is 2.07. The second-order valence-electron chi connectivity index (χ2n) is 4.63. The van der Waals surface area contributed by atoms with Crippen molar-refractivity contribution in [3.63, 3.8) is 0 Å². The Labute approximate surface area is 130 Å². The molecule has 2 aliphatic rings. The van der Waals surface area contributed by atoms with Crippen molar-refractivity contribution in [3.8, 4) is 0 Å². The van der Waals surface area contributed by atoms with E-state index in [9.17, 15) is 13.2 Å². The normalized spacial score (nSPS) is 20.3. The third-order valence-electron chi connectivity index (χ3n) is 2.87. The Morgan fingerprint density at radius 1 is 1.41 bits per heavy atom. The second kappa shape index (κ2) is 4.92. The van der Waals surface area contributed by atoms with E-state index in [2.05, 4.69) is 9.39 Å². The molecule has 0 saturated carbocycles. The highest BCUT2D eigenvalue weighted by Gasteiger charge is 2.41. The maximum Gasteiger partial charge on any atom is 0.283 e. The summed E-state index contributed by atoms with van der Waals surface area (Å²) in [6.07, 6.45) is 2.35. The summed E-state index contributed by atoms with van der Waals surface area (Å²) in [7, 11) is -3.64. The molecule has 1 aromatic heterocycles. The summed E-state index contributed by atoms with van der Waals surface area (Å²) in [6.45, 7) is 1.75. The highest BCUT2D eigenvalue weighted by atomic mass is 32.2. The topological polar surface area (TPSA) is 116 Å². The first kappa shape index (κ1) is 14.7. The fraction of sp³-hybridized carbons (Fsp3) is 0.167. The first-order valence-electron chi connectivity index (χ1n) is 6.02. The van der Waals surface area contributed by atoms with Gasteiger partial charge in [-0.1, -0.05) is 0 Å². The van der Waals surface area contributed by atoms with E-state index in [-0.39, 0.29) is 21.7 Å². The molecule has 114 valence electrons. The zero-order valence-corrected chi connectivity index (χ0v) is 13.2. The van der Waals surface area contributed by atoms with Crippen molar-refractivity contribution >= 4 is 49.9 Å². The van der Waals surface area contributed by atoms with Gasteiger partial charge < -0.3 is 4.42 Å². The van der Waals surface area contributed by atoms with E-state index in [4.69, 9.17) is 9.83 Å². The molecule has 22 heavy (non-hydrogen) atoms. The van der Waals surface area contributed by atoms with Crippen molar-refractivity contribution in [1.82, 2.24) is 4.90 Å². The monoisotopic (exact) mass is 338 g/mol. The minimum absolute atomic E-state index is 0.0584. The Hall–Kier alpha value is -2.20. The van der Waals surface area contributed by atoms with Crippen LogP contribution in [0.5, 0.6) is 0 Å². The van der Waals surface area contributed by atoms with Gasteiger partial charge in [0.15, 0.2) is 0 Å². The van der Waals surface area contributed by atoms with Crippen LogP contribution in [-0.4, -0.2) is 41.7 Å². The molecule has 0 atom stereocenters. The van der Waals surface area contributed by atoms with Crippen molar-refractivity contribution in [2.75, 3.05) is 6.26 Å². The first-order valence-corrected chi connectivity index (χ1v) is 8.69. The number of hydrogen-bond acceptors (Lipinski definition) is 7. The Kier molecular flexibility index (Phi) is 3.29. The van der Waals surface area contributed by atoms with Crippen LogP contribution in [0.1, 0.15) is 11.5 Å². The van der Waals surface area contributed by atoms with Crippen LogP contribution in [-0.2, 0) is 14.6 Å². The Bertz CT molecular complexity index is 892. The first-order chi connectivity index (χ1) is 10.3. The summed E-state index contributed by atoms with van der Waals surface area (Å²) in [6, 6.07) is 3.36. The van der Waals surface area contributed by atoms with Crippen molar-refractivity contribution in [1.29, 1.82) is 5.41 Å². The fourth-order valence-electron chi connectivity index (χ4n) is 1.91. The van der Waals surface area contributed by atoms with Gasteiger partial charge in [0.05, 0.1) is 17.5 Å². The van der Waals surface area contributed by atoms with Crippen LogP contribution >= 0.6 is 11.9 Å². The number of furan rings is 1. The molecule has 2 aliphatic heterocycles. The molecule has 0 fully saturated rings. The van der Waals surface area contributed by atoms with Crippen molar-refractivity contribution in [3.05, 3.63) is 29.2 Å². The number of carbonyl (C=O) groups is 1. The van der Waals surface area contributed by atoms with Crippen LogP contribution < -0.4 is 0 Å². The molecule has 10 heteroatoms. The fourth-order valence-corrected chi connectivity index (χ4v) is 3.76. The molecular weight excluding hydrogens is 328 g/mol. The zero-order chi connectivity index (χ0) is 16.1. The Morgan fingerprint density at radius 2 is 2.14 bits per heavy atom. The van der Waals surface area contributed by atoms with Crippen LogP contribution in [0.2, 0.25) is 0 Å². The number of sulfone groups is 1. The molecule has 1 amide bonds. The van der Waals surface area contributed by atoms with Gasteiger partial charge in [-0.05, 0) is 25.1 Å². The van der Waals surface area contributed by atoms with E-state index in [1.54, 1.807) is 19.1 Å². The lowest BCUT2D eigenvalue weighted by molar-refractivity contribution is -0.114. The zero-order valence-electron chi connectivity index (χ0n) is 11.5. The van der Waals surface area contributed by atoms with Crippen molar-refractivity contribution < 1.29 is 17.6 Å². The molecule has 0 aliphatic carbocycles. The summed E-state index contributed by atoms with van der Waals surface area (Å²) < 4.78 is 32.6. The van der Waals surface area contributed by atoms with Gasteiger partial charge in [0.25, 0.3) is 5.91 Å². The predicted octanol–water partition coefficient (Wildman–Crippen LogP) is 1.21. The third-order valence-corrected chi connectivity index (χ3v) is 4.63. The largest absolute Gasteiger partial charge is 0.462 e. The molecule has 3 heterocycles. The summed E-state index contributed by atoms with van der Waals surface area (Å²) in [5.74, 6) is 0.107. The van der Waals surface area contributed by atoms with Crippen LogP contribution in [0, 0.1) is 12.3 Å². The van der Waals surface area contributed by atoms with E-state index >= 15 is 0 Å². The van der Waals surface area contributed by atoms with Gasteiger partial charge in [0.1, 0.15) is 17.4 Å². The molecule has 0 saturated heterocycles. The molecule has 0 radical (unpaired) electrons. The summed E-state index contributed by atoms with van der Waals surface area (Å²) in [5, 5.41) is 7.87. The number of fused-ring (bicyclic) bond motifs is 1. The highest BCUT2D eigenvalue weighted by molar-refractivity contribution is 8.16. The molecule has 8 nitrogen and oxygen atoms in total. The van der Waals surface area contributed by atoms with Gasteiger partial charge in [-0.3, -0.25) is 10.2 Å². The van der Waals surface area contributed by atoms with Gasteiger partial charge in [0.2, 0.25) is 20.2 Å². The molecular formula is C12H10N4O4S2. The van der Waals surface area contributed by atoms with Crippen LogP contribution in [0.15, 0.2) is 31.5 Å². The summed E-state index contributed by atoms with van der Waals surface area (Å²) in [5.41, 5.74) is -0.0584. The standard InChI is InChI=1S/C12H10N4O4S2/c1-6-3-4-7(20-6)5-8-9(13)16-11(14-10(8)17)21-15-12(16)22(2,18)19/h3-5,13H,1-2H3. The average molecular weight is 338 g/mol. The van der Waals surface area contributed by atoms with Gasteiger partial charge in [-0.2, -0.15) is 9.39 Å². The molecule has 3 rings (SSSR count). The van der Waals surface area contributed by atoms with E-state index in [1.165, 1.54) is 6.08 Å². The second-order valence-corrected chi connectivity index (χ2v) is 7.27. The van der Waals surface area contributed by atoms with Crippen LogP contribution in [0.25, 0.3) is 6.08 Å². The van der Waals surface area contributed by atoms with E-state index in [1.807, 2.05) is 0 Å². The number of aryl methyl sites for hydroxylation is 1. The lowest BCUT2D eigenvalue weighted by atomic mass is 10.1. The quantitative estimate of drug-likeness (QED) is 0.608. The number of rotatable bonds is 1. The lowest BCUT2D eigenvalue weighted by Gasteiger charge is -2.23. The number of aliphatic imine (C=N–C) groups is 1. The maximum atomic E-state index is 12.0. The molecule has 1 N–H and O–H groups in total. The number of amides is 1. The maximum absolute atomic E-state index is 12.0. The van der Waals surface area contributed by atoms with E-state index < -0.39 is 15.7 Å². The lowest BCUT2D eigenvalue weighted by Crippen LogP contribution is -2.45. The van der Waals surface area contributed by atoms with Crippen molar-refractivity contribution in [2.24, 2.45) is 9.39 Å². The summed E-state index contributed by atoms with van der Waals surface area (Å²) >= 11 is 0.754. The SMILES string of the molecule is Cc1ccc(C=C2C(=N)N3C(=NC2=O)SN=C3S(C)(=O)=O)o1. The minimum Gasteiger partial charge on any atom is -0.462 e. The van der Waals surface area contributed by atoms with Gasteiger partial charge in [-0.15, -0.1) is 0 Å². The number of carbonyl (C=O) groups excluding carboxylic acids is 1. The van der Waals surface area contributed by atoms with Crippen LogP contribution in [0.3, 0.4) is 0 Å². The predicted molar refractivity (Wildman–Crippen MR) is 83.3 cm³/mol. The Morgan fingerprint density at radius 3 is 2.73 bits per heavy atom. The van der Waals surface area contributed by atoms with Crippen LogP contribution in [0.4, 0.5) is 0 Å². The molecule has 0 unspecified atom stereocenters. The number of nitrogens with zero attached hydrogens (tertiary/aromatic N) is 3. The number of amidine groups is 3. The molecule has 1 aromatic rings. The molecule has 0 spiro atoms. The number of hydrogen-bond donors (Lipinski definition) is 1. The van der Waals surface area contributed by atoms with Crippen molar-refractivity contribution in [2.45, 2.75) is 6.92 Å². The highest BCUT2D eigenvalue weighted by Crippen LogP contribution is 2.29. The summed E-state index contributed by atoms with van der Waals surface area (Å²) in [4.78, 5) is 16.9. The number of nitrogens with one attached hydrogen (secondary N) is 1. The average Bonchev–Trinajstić information content (AvgIpc) is 3.00.